The molecule has 0 bridgehead atoms. The van der Waals surface area contributed by atoms with E-state index in [4.69, 9.17) is 0 Å². The van der Waals surface area contributed by atoms with Crippen molar-refractivity contribution >= 4 is 34.6 Å². The molecular formula is C38H35N3O4. The van der Waals surface area contributed by atoms with Gasteiger partial charge in [-0.3, -0.25) is 9.59 Å². The summed E-state index contributed by atoms with van der Waals surface area (Å²) in [7, 11) is 3.92. The number of rotatable bonds is 13. The van der Waals surface area contributed by atoms with Crippen molar-refractivity contribution in [2.75, 3.05) is 36.2 Å². The summed E-state index contributed by atoms with van der Waals surface area (Å²) < 4.78 is 0. The molecule has 7 heteroatoms. The average molecular weight is 598 g/mol. The van der Waals surface area contributed by atoms with E-state index in [-0.39, 0.29) is 24.5 Å². The lowest BCUT2D eigenvalue weighted by Crippen LogP contribution is -2.32. The summed E-state index contributed by atoms with van der Waals surface area (Å²) in [5.74, 6) is -1.18. The van der Waals surface area contributed by atoms with Crippen molar-refractivity contribution in [3.8, 4) is 11.1 Å². The third-order valence-corrected chi connectivity index (χ3v) is 7.58. The van der Waals surface area contributed by atoms with Crippen LogP contribution >= 0.6 is 0 Å². The first-order chi connectivity index (χ1) is 21.8. The van der Waals surface area contributed by atoms with Gasteiger partial charge < -0.3 is 20.6 Å². The number of carbonyl (C=O) groups excluding carboxylic acids is 2. The second-order valence-electron chi connectivity index (χ2n) is 11.0. The van der Waals surface area contributed by atoms with E-state index in [2.05, 4.69) is 10.6 Å². The number of anilines is 3. The Labute approximate surface area is 263 Å². The minimum Gasteiger partial charge on any atom is -0.480 e. The molecule has 226 valence electrons. The number of carbonyl (C=O) groups is 3. The molecule has 0 heterocycles. The average Bonchev–Trinajstić information content (AvgIpc) is 3.07. The number of Topliss-reactive ketones (excluding diaryl/α,β-unsaturated/α-hetero) is 1. The molecule has 1 atom stereocenters. The number of carboxylic acids is 1. The topological polar surface area (TPSA) is 98.7 Å². The minimum absolute atomic E-state index is 0.00344. The van der Waals surface area contributed by atoms with Gasteiger partial charge in [-0.05, 0) is 65.2 Å². The number of hydrogen-bond donors (Lipinski definition) is 3. The molecule has 7 nitrogen and oxygen atoms in total. The molecule has 0 saturated carbocycles. The maximum Gasteiger partial charge on any atom is 0.326 e. The summed E-state index contributed by atoms with van der Waals surface area (Å²) >= 11 is 0. The smallest absolute Gasteiger partial charge is 0.326 e. The van der Waals surface area contributed by atoms with Crippen LogP contribution in [0.2, 0.25) is 0 Å². The molecule has 45 heavy (non-hydrogen) atoms. The van der Waals surface area contributed by atoms with Crippen LogP contribution in [0.3, 0.4) is 0 Å². The molecule has 5 aromatic rings. The predicted molar refractivity (Wildman–Crippen MR) is 181 cm³/mol. The van der Waals surface area contributed by atoms with E-state index in [1.54, 1.807) is 48.5 Å². The fourth-order valence-corrected chi connectivity index (χ4v) is 5.05. The summed E-state index contributed by atoms with van der Waals surface area (Å²) in [4.78, 5) is 40.1. The van der Waals surface area contributed by atoms with Gasteiger partial charge in [-0.2, -0.15) is 0 Å². The van der Waals surface area contributed by atoms with Crippen molar-refractivity contribution in [1.82, 2.24) is 0 Å². The first-order valence-electron chi connectivity index (χ1n) is 14.7. The molecule has 0 fully saturated rings. The van der Waals surface area contributed by atoms with Gasteiger partial charge in [0.05, 0.1) is 6.54 Å². The zero-order valence-electron chi connectivity index (χ0n) is 25.2. The molecule has 0 unspecified atom stereocenters. The second kappa shape index (κ2) is 14.2. The number of hydrogen-bond acceptors (Lipinski definition) is 6. The van der Waals surface area contributed by atoms with Gasteiger partial charge >= 0.3 is 5.97 Å². The third kappa shape index (κ3) is 7.83. The molecule has 5 aromatic carbocycles. The van der Waals surface area contributed by atoms with E-state index in [9.17, 15) is 19.5 Å². The molecule has 0 amide bonds. The van der Waals surface area contributed by atoms with Crippen LogP contribution in [0.4, 0.5) is 17.1 Å². The zero-order chi connectivity index (χ0) is 31.8. The largest absolute Gasteiger partial charge is 0.480 e. The summed E-state index contributed by atoms with van der Waals surface area (Å²) in [6.45, 7) is 0.174. The number of para-hydroxylation sites is 1. The van der Waals surface area contributed by atoms with Gasteiger partial charge in [0.1, 0.15) is 6.04 Å². The van der Waals surface area contributed by atoms with Gasteiger partial charge in [0.25, 0.3) is 0 Å². The van der Waals surface area contributed by atoms with E-state index < -0.39 is 12.0 Å². The molecule has 5 rings (SSSR count). The van der Waals surface area contributed by atoms with Crippen molar-refractivity contribution in [3.63, 3.8) is 0 Å². The van der Waals surface area contributed by atoms with Crippen molar-refractivity contribution in [3.05, 3.63) is 150 Å². The van der Waals surface area contributed by atoms with Crippen LogP contribution < -0.4 is 15.5 Å². The van der Waals surface area contributed by atoms with Gasteiger partial charge in [-0.25, -0.2) is 4.79 Å². The van der Waals surface area contributed by atoms with Crippen molar-refractivity contribution < 1.29 is 19.5 Å². The van der Waals surface area contributed by atoms with E-state index in [1.807, 2.05) is 97.9 Å². The van der Waals surface area contributed by atoms with Crippen LogP contribution in [0, 0.1) is 0 Å². The fourth-order valence-electron chi connectivity index (χ4n) is 5.05. The third-order valence-electron chi connectivity index (χ3n) is 7.58. The quantitative estimate of drug-likeness (QED) is 0.125. The molecule has 0 radical (unpaired) electrons. The van der Waals surface area contributed by atoms with Gasteiger partial charge in [-0.15, -0.1) is 0 Å². The van der Waals surface area contributed by atoms with E-state index >= 15 is 0 Å². The lowest BCUT2D eigenvalue weighted by Gasteiger charge is -2.18. The zero-order valence-corrected chi connectivity index (χ0v) is 25.2. The highest BCUT2D eigenvalue weighted by Gasteiger charge is 2.21. The van der Waals surface area contributed by atoms with Crippen LogP contribution in [-0.4, -0.2) is 49.3 Å². The highest BCUT2D eigenvalue weighted by atomic mass is 16.4. The summed E-state index contributed by atoms with van der Waals surface area (Å²) in [6.07, 6.45) is 0.225. The Morgan fingerprint density at radius 1 is 0.711 bits per heavy atom. The maximum absolute atomic E-state index is 13.1. The first-order valence-corrected chi connectivity index (χ1v) is 14.7. The van der Waals surface area contributed by atoms with Crippen molar-refractivity contribution in [1.29, 1.82) is 0 Å². The molecule has 0 saturated heterocycles. The van der Waals surface area contributed by atoms with E-state index in [1.165, 1.54) is 0 Å². The predicted octanol–water partition coefficient (Wildman–Crippen LogP) is 7.05. The van der Waals surface area contributed by atoms with Crippen molar-refractivity contribution in [2.24, 2.45) is 0 Å². The van der Waals surface area contributed by atoms with Gasteiger partial charge in [0.2, 0.25) is 0 Å². The molecule has 3 N–H and O–H groups in total. The molecule has 0 aliphatic rings. The highest BCUT2D eigenvalue weighted by Crippen LogP contribution is 2.25. The Morgan fingerprint density at radius 2 is 1.40 bits per heavy atom. The van der Waals surface area contributed by atoms with Crippen LogP contribution in [0.25, 0.3) is 11.1 Å². The SMILES string of the molecule is CN(C)c1ccc(C(=O)CNc2cccc(-c3ccc(C[C@H](Nc4ccccc4C(=O)c4ccccc4)C(=O)O)cc3)c2)cc1. The molecule has 0 spiro atoms. The lowest BCUT2D eigenvalue weighted by molar-refractivity contribution is -0.137. The number of benzene rings is 5. The molecular weight excluding hydrogens is 562 g/mol. The molecule has 0 aliphatic carbocycles. The summed E-state index contributed by atoms with van der Waals surface area (Å²) in [5, 5.41) is 16.3. The number of aliphatic carboxylic acids is 1. The minimum atomic E-state index is -1.01. The number of nitrogens with zero attached hydrogens (tertiary/aromatic N) is 1. The Bertz CT molecular complexity index is 1780. The monoisotopic (exact) mass is 597 g/mol. The van der Waals surface area contributed by atoms with Crippen molar-refractivity contribution in [2.45, 2.75) is 12.5 Å². The highest BCUT2D eigenvalue weighted by molar-refractivity contribution is 6.12. The van der Waals surface area contributed by atoms with Gasteiger partial charge in [0.15, 0.2) is 11.6 Å². The van der Waals surface area contributed by atoms with E-state index in [0.29, 0.717) is 22.4 Å². The Kier molecular flexibility index (Phi) is 9.70. The number of ketones is 2. The number of carboxylic acid groups (broad SMARTS) is 1. The van der Waals surface area contributed by atoms with Crippen LogP contribution in [0.5, 0.6) is 0 Å². The van der Waals surface area contributed by atoms with Gasteiger partial charge in [0, 0.05) is 54.3 Å². The summed E-state index contributed by atoms with van der Waals surface area (Å²) in [6, 6.07) is 38.1. The second-order valence-corrected chi connectivity index (χ2v) is 11.0. The Hall–Kier alpha value is -5.69. The summed E-state index contributed by atoms with van der Waals surface area (Å²) in [5.41, 5.74) is 6.72. The first kappa shape index (κ1) is 30.8. The van der Waals surface area contributed by atoms with Crippen LogP contribution in [0.1, 0.15) is 31.8 Å². The van der Waals surface area contributed by atoms with E-state index in [0.717, 1.165) is 28.1 Å². The molecule has 0 aromatic heterocycles. The van der Waals surface area contributed by atoms with Crippen LogP contribution in [0.15, 0.2) is 127 Å². The normalized spacial score (nSPS) is 11.3. The Balaban J connectivity index is 1.24. The Morgan fingerprint density at radius 3 is 2.09 bits per heavy atom. The lowest BCUT2D eigenvalue weighted by atomic mass is 9.98. The molecule has 0 aliphatic heterocycles. The van der Waals surface area contributed by atoms with Crippen LogP contribution in [-0.2, 0) is 11.2 Å². The maximum atomic E-state index is 13.1. The number of nitrogens with one attached hydrogen (secondary N) is 2. The standard InChI is InChI=1S/C38H35N3O4/c1-41(2)32-21-19-28(20-22-32)36(42)25-39-31-12-8-11-30(24-31)27-17-15-26(16-18-27)23-35(38(44)45)40-34-14-7-6-13-33(34)37(43)29-9-4-3-5-10-29/h3-22,24,35,39-40H,23,25H2,1-2H3,(H,44,45)/t35-/m0/s1. The fraction of sp³-hybridized carbons (Fsp3) is 0.132. The van der Waals surface area contributed by atoms with Gasteiger partial charge in [-0.1, -0.05) is 78.9 Å².